The Morgan fingerprint density at radius 1 is 1.17 bits per heavy atom. The van der Waals surface area contributed by atoms with Crippen LogP contribution in [-0.2, 0) is 10.0 Å². The summed E-state index contributed by atoms with van der Waals surface area (Å²) in [5, 5.41) is 11.4. The van der Waals surface area contributed by atoms with E-state index in [1.165, 1.54) is 27.8 Å². The zero-order chi connectivity index (χ0) is 17.2. The van der Waals surface area contributed by atoms with E-state index in [-0.39, 0.29) is 10.5 Å². The Kier molecular flexibility index (Phi) is 4.93. The van der Waals surface area contributed by atoms with Crippen LogP contribution >= 0.6 is 11.3 Å². The molecule has 0 saturated carbocycles. The Morgan fingerprint density at radius 2 is 1.88 bits per heavy atom. The predicted molar refractivity (Wildman–Crippen MR) is 91.7 cm³/mol. The third-order valence-electron chi connectivity index (χ3n) is 3.81. The molecule has 0 radical (unpaired) electrons. The third-order valence-corrected chi connectivity index (χ3v) is 6.52. The van der Waals surface area contributed by atoms with Crippen molar-refractivity contribution in [2.45, 2.75) is 31.1 Å². The molecule has 1 aromatic carbocycles. The largest absolute Gasteiger partial charge is 0.296 e. The molecule has 24 heavy (non-hydrogen) atoms. The molecule has 1 aromatic heterocycles. The summed E-state index contributed by atoms with van der Waals surface area (Å²) in [6.07, 6.45) is 2.72. The maximum absolute atomic E-state index is 12.9. The highest BCUT2D eigenvalue weighted by molar-refractivity contribution is 7.89. The average Bonchev–Trinajstić information content (AvgIpc) is 3.00. The maximum Gasteiger partial charge on any atom is 0.258 e. The van der Waals surface area contributed by atoms with Crippen molar-refractivity contribution in [1.29, 1.82) is 0 Å². The molecule has 3 rings (SSSR count). The lowest BCUT2D eigenvalue weighted by Crippen LogP contribution is -2.36. The first-order valence-electron chi connectivity index (χ1n) is 7.69. The molecule has 1 aliphatic rings. The lowest BCUT2D eigenvalue weighted by Gasteiger charge is -2.26. The van der Waals surface area contributed by atoms with Gasteiger partial charge in [0, 0.05) is 13.1 Å². The maximum atomic E-state index is 12.9. The van der Waals surface area contributed by atoms with Crippen molar-refractivity contribution in [2.24, 2.45) is 0 Å². The van der Waals surface area contributed by atoms with Gasteiger partial charge < -0.3 is 0 Å². The average molecular weight is 366 g/mol. The van der Waals surface area contributed by atoms with Crippen LogP contribution in [0.15, 0.2) is 29.2 Å². The molecule has 1 fully saturated rings. The topological polar surface area (TPSA) is 92.3 Å². The summed E-state index contributed by atoms with van der Waals surface area (Å²) in [7, 11) is -3.68. The molecule has 7 nitrogen and oxygen atoms in total. The highest BCUT2D eigenvalue weighted by Gasteiger charge is 2.29. The van der Waals surface area contributed by atoms with Gasteiger partial charge in [0.15, 0.2) is 0 Å². The molecular formula is C15H18N4O3S2. The van der Waals surface area contributed by atoms with Crippen molar-refractivity contribution in [1.82, 2.24) is 14.5 Å². The number of rotatable bonds is 4. The number of anilines is 1. The van der Waals surface area contributed by atoms with Crippen LogP contribution in [0.3, 0.4) is 0 Å². The number of carbonyl (C=O) groups is 1. The summed E-state index contributed by atoms with van der Waals surface area (Å²) in [4.78, 5) is 12.6. The minimum Gasteiger partial charge on any atom is -0.296 e. The van der Waals surface area contributed by atoms with Gasteiger partial charge in [-0.3, -0.25) is 10.1 Å². The number of hydrogen-bond acceptors (Lipinski definition) is 6. The molecule has 0 spiro atoms. The van der Waals surface area contributed by atoms with Gasteiger partial charge in [-0.05, 0) is 31.9 Å². The van der Waals surface area contributed by atoms with Gasteiger partial charge in [0.05, 0.1) is 10.5 Å². The number of aryl methyl sites for hydroxylation is 1. The SMILES string of the molecule is Cc1nnc(NC(=O)c2ccccc2S(=O)(=O)N2CCCCC2)s1. The molecule has 9 heteroatoms. The van der Waals surface area contributed by atoms with Crippen LogP contribution in [0.4, 0.5) is 5.13 Å². The van der Waals surface area contributed by atoms with Crippen molar-refractivity contribution < 1.29 is 13.2 Å². The molecule has 0 aliphatic carbocycles. The van der Waals surface area contributed by atoms with E-state index in [1.807, 2.05) is 0 Å². The minimum atomic E-state index is -3.68. The second kappa shape index (κ2) is 6.96. The molecule has 1 aliphatic heterocycles. The molecule has 1 saturated heterocycles. The van der Waals surface area contributed by atoms with Gasteiger partial charge >= 0.3 is 0 Å². The Bertz CT molecular complexity index is 842. The number of sulfonamides is 1. The standard InChI is InChI=1S/C15H18N4O3S2/c1-11-17-18-15(23-11)16-14(20)12-7-3-4-8-13(12)24(21,22)19-9-5-2-6-10-19/h3-4,7-8H,2,5-6,9-10H2,1H3,(H,16,18,20). The fourth-order valence-corrected chi connectivity index (χ4v) is 4.93. The van der Waals surface area contributed by atoms with Gasteiger partial charge in [0.2, 0.25) is 15.2 Å². The number of amides is 1. The zero-order valence-corrected chi connectivity index (χ0v) is 14.9. The van der Waals surface area contributed by atoms with Gasteiger partial charge in [0.25, 0.3) is 5.91 Å². The van der Waals surface area contributed by atoms with Gasteiger partial charge in [-0.25, -0.2) is 8.42 Å². The molecule has 1 N–H and O–H groups in total. The van der Waals surface area contributed by atoms with Crippen molar-refractivity contribution in [2.75, 3.05) is 18.4 Å². The molecule has 1 amide bonds. The Morgan fingerprint density at radius 3 is 2.54 bits per heavy atom. The molecule has 0 unspecified atom stereocenters. The number of benzene rings is 1. The third kappa shape index (κ3) is 3.47. The summed E-state index contributed by atoms with van der Waals surface area (Å²) in [6.45, 7) is 2.77. The second-order valence-electron chi connectivity index (χ2n) is 5.54. The van der Waals surface area contributed by atoms with E-state index in [9.17, 15) is 13.2 Å². The monoisotopic (exact) mass is 366 g/mol. The first-order valence-corrected chi connectivity index (χ1v) is 9.95. The summed E-state index contributed by atoms with van der Waals surface area (Å²) in [5.74, 6) is -0.498. The lowest BCUT2D eigenvalue weighted by molar-refractivity contribution is 0.102. The van der Waals surface area contributed by atoms with E-state index in [1.54, 1.807) is 19.1 Å². The fraction of sp³-hybridized carbons (Fsp3) is 0.400. The van der Waals surface area contributed by atoms with Gasteiger partial charge in [-0.1, -0.05) is 29.9 Å². The van der Waals surface area contributed by atoms with Crippen LogP contribution in [0.1, 0.15) is 34.6 Å². The van der Waals surface area contributed by atoms with Crippen molar-refractivity contribution in [3.05, 3.63) is 34.8 Å². The number of nitrogens with one attached hydrogen (secondary N) is 1. The second-order valence-corrected chi connectivity index (χ2v) is 8.63. The molecule has 2 heterocycles. The van der Waals surface area contributed by atoms with E-state index >= 15 is 0 Å². The van der Waals surface area contributed by atoms with Gasteiger partial charge in [-0.15, -0.1) is 10.2 Å². The summed E-state index contributed by atoms with van der Waals surface area (Å²) < 4.78 is 27.2. The van der Waals surface area contributed by atoms with E-state index in [4.69, 9.17) is 0 Å². The predicted octanol–water partition coefficient (Wildman–Crippen LogP) is 2.27. The van der Waals surface area contributed by atoms with E-state index in [0.29, 0.717) is 18.2 Å². The van der Waals surface area contributed by atoms with Crippen LogP contribution in [0.2, 0.25) is 0 Å². The van der Waals surface area contributed by atoms with E-state index < -0.39 is 15.9 Å². The normalized spacial score (nSPS) is 16.0. The molecule has 0 atom stereocenters. The van der Waals surface area contributed by atoms with Crippen LogP contribution in [-0.4, -0.2) is 41.9 Å². The molecule has 128 valence electrons. The number of piperidine rings is 1. The number of carbonyl (C=O) groups excluding carboxylic acids is 1. The Balaban J connectivity index is 1.91. The van der Waals surface area contributed by atoms with Gasteiger partial charge in [-0.2, -0.15) is 4.31 Å². The summed E-state index contributed by atoms with van der Waals surface area (Å²) >= 11 is 1.24. The fourth-order valence-electron chi connectivity index (χ4n) is 2.64. The Hall–Kier alpha value is -1.84. The smallest absolute Gasteiger partial charge is 0.258 e. The highest BCUT2D eigenvalue weighted by Crippen LogP contribution is 2.24. The Labute approximate surface area is 144 Å². The number of aromatic nitrogens is 2. The lowest BCUT2D eigenvalue weighted by atomic mass is 10.2. The molecule has 0 bridgehead atoms. The molecule has 2 aromatic rings. The number of hydrogen-bond donors (Lipinski definition) is 1. The van der Waals surface area contributed by atoms with E-state index in [2.05, 4.69) is 15.5 Å². The minimum absolute atomic E-state index is 0.0330. The van der Waals surface area contributed by atoms with E-state index in [0.717, 1.165) is 24.3 Å². The summed E-state index contributed by atoms with van der Waals surface area (Å²) in [6, 6.07) is 6.27. The first kappa shape index (κ1) is 17.0. The van der Waals surface area contributed by atoms with Crippen molar-refractivity contribution in [3.8, 4) is 0 Å². The highest BCUT2D eigenvalue weighted by atomic mass is 32.2. The van der Waals surface area contributed by atoms with Crippen molar-refractivity contribution >= 4 is 32.4 Å². The van der Waals surface area contributed by atoms with Crippen molar-refractivity contribution in [3.63, 3.8) is 0 Å². The quantitative estimate of drug-likeness (QED) is 0.896. The van der Waals surface area contributed by atoms with Gasteiger partial charge in [0.1, 0.15) is 5.01 Å². The summed E-state index contributed by atoms with van der Waals surface area (Å²) in [5.41, 5.74) is 0.121. The first-order chi connectivity index (χ1) is 11.5. The molecular weight excluding hydrogens is 348 g/mol. The zero-order valence-electron chi connectivity index (χ0n) is 13.2. The van der Waals surface area contributed by atoms with Crippen LogP contribution in [0.5, 0.6) is 0 Å². The van der Waals surface area contributed by atoms with Crippen LogP contribution in [0.25, 0.3) is 0 Å². The van der Waals surface area contributed by atoms with Crippen LogP contribution < -0.4 is 5.32 Å². The number of nitrogens with zero attached hydrogens (tertiary/aromatic N) is 3. The van der Waals surface area contributed by atoms with Crippen LogP contribution in [0, 0.1) is 6.92 Å².